The third-order valence-corrected chi connectivity index (χ3v) is 5.86. The molecule has 1 N–H and O–H groups in total. The van der Waals surface area contributed by atoms with Crippen LogP contribution in [0.15, 0.2) is 21.2 Å². The number of nitrogens with zero attached hydrogens (tertiary/aromatic N) is 1. The van der Waals surface area contributed by atoms with Gasteiger partial charge in [0.15, 0.2) is 0 Å². The number of halogens is 2. The minimum atomic E-state index is 0.488. The maximum absolute atomic E-state index is 4.40. The zero-order valence-electron chi connectivity index (χ0n) is 9.80. The Morgan fingerprint density at radius 3 is 2.76 bits per heavy atom. The summed E-state index contributed by atoms with van der Waals surface area (Å²) in [6.07, 6.45) is 8.12. The zero-order valence-corrected chi connectivity index (χ0v) is 13.8. The quantitative estimate of drug-likeness (QED) is 0.837. The molecule has 1 saturated carbocycles. The number of hydrogen-bond donors (Lipinski definition) is 1. The van der Waals surface area contributed by atoms with Gasteiger partial charge in [0.25, 0.3) is 0 Å². The average Bonchev–Trinajstić information content (AvgIpc) is 2.25. The average molecular weight is 380 g/mol. The highest BCUT2D eigenvalue weighted by Gasteiger charge is 2.35. The van der Waals surface area contributed by atoms with Crippen LogP contribution in [0.3, 0.4) is 0 Å². The standard InChI is InChI=1S/C12H16Br2N2S/c1-17-12(3-2-4-12)8-15-7-11-10(14)5-9(13)6-16-11/h5-6,15H,2-4,7-8H2,1H3. The second-order valence-corrected chi connectivity index (χ2v) is 7.47. The third kappa shape index (κ3) is 3.46. The molecule has 0 atom stereocenters. The number of aromatic nitrogens is 1. The van der Waals surface area contributed by atoms with Gasteiger partial charge < -0.3 is 5.32 Å². The number of pyridine rings is 1. The van der Waals surface area contributed by atoms with Crippen LogP contribution in [0.5, 0.6) is 0 Å². The third-order valence-electron chi connectivity index (χ3n) is 3.32. The first kappa shape index (κ1) is 13.8. The molecule has 1 aliphatic rings. The van der Waals surface area contributed by atoms with Crippen LogP contribution in [0, 0.1) is 0 Å². The zero-order chi connectivity index (χ0) is 12.3. The van der Waals surface area contributed by atoms with Crippen molar-refractivity contribution in [3.8, 4) is 0 Å². The summed E-state index contributed by atoms with van der Waals surface area (Å²) in [5, 5.41) is 3.53. The van der Waals surface area contributed by atoms with Crippen molar-refractivity contribution < 1.29 is 0 Å². The number of nitrogens with one attached hydrogen (secondary N) is 1. The van der Waals surface area contributed by atoms with Crippen LogP contribution < -0.4 is 5.32 Å². The lowest BCUT2D eigenvalue weighted by atomic mass is 9.84. The Labute approximate surface area is 124 Å². The Morgan fingerprint density at radius 1 is 1.47 bits per heavy atom. The summed E-state index contributed by atoms with van der Waals surface area (Å²) in [6.45, 7) is 1.91. The van der Waals surface area contributed by atoms with Crippen LogP contribution in [0.4, 0.5) is 0 Å². The van der Waals surface area contributed by atoms with Crippen LogP contribution >= 0.6 is 43.6 Å². The molecule has 0 amide bonds. The largest absolute Gasteiger partial charge is 0.310 e. The number of thioether (sulfide) groups is 1. The van der Waals surface area contributed by atoms with Crippen molar-refractivity contribution >= 4 is 43.6 Å². The van der Waals surface area contributed by atoms with Gasteiger partial charge >= 0.3 is 0 Å². The summed E-state index contributed by atoms with van der Waals surface area (Å²) < 4.78 is 2.56. The van der Waals surface area contributed by atoms with Crippen molar-refractivity contribution in [2.45, 2.75) is 30.6 Å². The van der Waals surface area contributed by atoms with Gasteiger partial charge in [-0.15, -0.1) is 0 Å². The van der Waals surface area contributed by atoms with Crippen molar-refractivity contribution in [1.82, 2.24) is 10.3 Å². The predicted molar refractivity (Wildman–Crippen MR) is 81.4 cm³/mol. The number of rotatable bonds is 5. The molecular weight excluding hydrogens is 364 g/mol. The molecule has 94 valence electrons. The van der Waals surface area contributed by atoms with Gasteiger partial charge in [0, 0.05) is 33.0 Å². The molecular formula is C12H16Br2N2S. The lowest BCUT2D eigenvalue weighted by molar-refractivity contribution is 0.345. The van der Waals surface area contributed by atoms with Crippen molar-refractivity contribution in [2.24, 2.45) is 0 Å². The van der Waals surface area contributed by atoms with Gasteiger partial charge in [-0.3, -0.25) is 4.98 Å². The highest BCUT2D eigenvalue weighted by Crippen LogP contribution is 2.42. The van der Waals surface area contributed by atoms with Crippen molar-refractivity contribution in [1.29, 1.82) is 0 Å². The first-order chi connectivity index (χ1) is 8.15. The first-order valence-electron chi connectivity index (χ1n) is 5.71. The summed E-state index contributed by atoms with van der Waals surface area (Å²) >= 11 is 8.95. The van der Waals surface area contributed by atoms with Crippen LogP contribution in [0.1, 0.15) is 25.0 Å². The van der Waals surface area contributed by atoms with E-state index in [1.54, 1.807) is 0 Å². The topological polar surface area (TPSA) is 24.9 Å². The molecule has 1 fully saturated rings. The SMILES string of the molecule is CSC1(CNCc2ncc(Br)cc2Br)CCC1. The van der Waals surface area contributed by atoms with E-state index < -0.39 is 0 Å². The van der Waals surface area contributed by atoms with E-state index in [1.165, 1.54) is 19.3 Å². The molecule has 1 aromatic rings. The van der Waals surface area contributed by atoms with E-state index in [-0.39, 0.29) is 0 Å². The molecule has 2 nitrogen and oxygen atoms in total. The highest BCUT2D eigenvalue weighted by atomic mass is 79.9. The molecule has 1 aliphatic carbocycles. The summed E-state index contributed by atoms with van der Waals surface area (Å²) in [5.41, 5.74) is 1.07. The van der Waals surface area contributed by atoms with Crippen LogP contribution in [-0.4, -0.2) is 22.5 Å². The smallest absolute Gasteiger partial charge is 0.0684 e. The van der Waals surface area contributed by atoms with E-state index in [9.17, 15) is 0 Å². The van der Waals surface area contributed by atoms with E-state index in [4.69, 9.17) is 0 Å². The predicted octanol–water partition coefficient (Wildman–Crippen LogP) is 3.98. The molecule has 1 aromatic heterocycles. The van der Waals surface area contributed by atoms with Gasteiger partial charge in [0.1, 0.15) is 0 Å². The molecule has 1 heterocycles. The molecule has 0 spiro atoms. The van der Waals surface area contributed by atoms with Crippen molar-refractivity contribution in [2.75, 3.05) is 12.8 Å². The second-order valence-electron chi connectivity index (χ2n) is 4.43. The molecule has 5 heteroatoms. The van der Waals surface area contributed by atoms with E-state index >= 15 is 0 Å². The van der Waals surface area contributed by atoms with E-state index in [0.29, 0.717) is 4.75 Å². The molecule has 0 aromatic carbocycles. The van der Waals surface area contributed by atoms with E-state index in [0.717, 1.165) is 27.7 Å². The van der Waals surface area contributed by atoms with Gasteiger partial charge in [0.2, 0.25) is 0 Å². The summed E-state index contributed by atoms with van der Waals surface area (Å²) in [5.74, 6) is 0. The van der Waals surface area contributed by atoms with Crippen LogP contribution in [0.25, 0.3) is 0 Å². The lowest BCUT2D eigenvalue weighted by Crippen LogP contribution is -2.43. The maximum atomic E-state index is 4.40. The van der Waals surface area contributed by atoms with Crippen molar-refractivity contribution in [3.63, 3.8) is 0 Å². The number of hydrogen-bond acceptors (Lipinski definition) is 3. The Balaban J connectivity index is 1.85. The Morgan fingerprint density at radius 2 is 2.24 bits per heavy atom. The Kier molecular flexibility index (Phi) is 4.92. The van der Waals surface area contributed by atoms with Crippen molar-refractivity contribution in [3.05, 3.63) is 26.9 Å². The fraction of sp³-hybridized carbons (Fsp3) is 0.583. The lowest BCUT2D eigenvalue weighted by Gasteiger charge is -2.40. The van der Waals surface area contributed by atoms with Gasteiger partial charge in [-0.1, -0.05) is 6.42 Å². The van der Waals surface area contributed by atoms with Gasteiger partial charge in [-0.05, 0) is 57.0 Å². The highest BCUT2D eigenvalue weighted by molar-refractivity contribution is 9.11. The Bertz CT molecular complexity index is 389. The minimum absolute atomic E-state index is 0.488. The first-order valence-corrected chi connectivity index (χ1v) is 8.52. The van der Waals surface area contributed by atoms with Gasteiger partial charge in [-0.25, -0.2) is 0 Å². The normalized spacial score (nSPS) is 17.8. The molecule has 0 bridgehead atoms. The maximum Gasteiger partial charge on any atom is 0.0684 e. The molecule has 17 heavy (non-hydrogen) atoms. The van der Waals surface area contributed by atoms with E-state index in [2.05, 4.69) is 48.4 Å². The summed E-state index contributed by atoms with van der Waals surface area (Å²) in [7, 11) is 0. The van der Waals surface area contributed by atoms with Gasteiger partial charge in [-0.2, -0.15) is 11.8 Å². The molecule has 0 saturated heterocycles. The molecule has 2 rings (SSSR count). The van der Waals surface area contributed by atoms with Crippen LogP contribution in [-0.2, 0) is 6.54 Å². The Hall–Kier alpha value is 0.420. The monoisotopic (exact) mass is 378 g/mol. The second kappa shape index (κ2) is 6.04. The van der Waals surface area contributed by atoms with Crippen LogP contribution in [0.2, 0.25) is 0 Å². The minimum Gasteiger partial charge on any atom is -0.310 e. The molecule has 0 radical (unpaired) electrons. The molecule has 0 aliphatic heterocycles. The fourth-order valence-corrected chi connectivity index (χ4v) is 4.08. The summed E-state index contributed by atoms with van der Waals surface area (Å²) in [4.78, 5) is 4.40. The molecule has 0 unspecified atom stereocenters. The fourth-order valence-electron chi connectivity index (χ4n) is 2.01. The van der Waals surface area contributed by atoms with E-state index in [1.807, 2.05) is 24.0 Å². The summed E-state index contributed by atoms with van der Waals surface area (Å²) in [6, 6.07) is 2.04. The van der Waals surface area contributed by atoms with Gasteiger partial charge in [0.05, 0.1) is 5.69 Å².